The summed E-state index contributed by atoms with van der Waals surface area (Å²) in [4.78, 5) is 0. The Morgan fingerprint density at radius 3 is 2.62 bits per heavy atom. The monoisotopic (exact) mass is 325 g/mol. The molecule has 2 aromatic carbocycles. The lowest BCUT2D eigenvalue weighted by atomic mass is 10.2. The lowest BCUT2D eigenvalue weighted by molar-refractivity contribution is 0.185. The minimum absolute atomic E-state index is 0.165. The summed E-state index contributed by atoms with van der Waals surface area (Å²) in [5.74, 6) is -0.165. The van der Waals surface area contributed by atoms with Crippen LogP contribution >= 0.6 is 11.6 Å². The van der Waals surface area contributed by atoms with E-state index in [1.54, 1.807) is 49.6 Å². The first-order valence-electron chi connectivity index (χ1n) is 6.32. The predicted octanol–water partition coefficient (Wildman–Crippen LogP) is 3.43. The van der Waals surface area contributed by atoms with E-state index in [2.05, 4.69) is 4.72 Å². The minimum Gasteiger partial charge on any atom is -0.380 e. The zero-order valence-corrected chi connectivity index (χ0v) is 13.1. The molecule has 1 N–H and O–H groups in total. The Labute approximate surface area is 129 Å². The van der Waals surface area contributed by atoms with Crippen LogP contribution in [-0.4, -0.2) is 15.5 Å². The first-order chi connectivity index (χ1) is 10.00. The number of hydrogen-bond donors (Lipinski definition) is 1. The Hall–Kier alpha value is -1.56. The Balaban J connectivity index is 2.14. The summed E-state index contributed by atoms with van der Waals surface area (Å²) in [5, 5.41) is 0.441. The Morgan fingerprint density at radius 2 is 1.90 bits per heavy atom. The van der Waals surface area contributed by atoms with Gasteiger partial charge in [-0.05, 0) is 29.3 Å². The fourth-order valence-electron chi connectivity index (χ4n) is 1.93. The molecule has 0 radical (unpaired) electrons. The second kappa shape index (κ2) is 6.93. The Kier molecular flexibility index (Phi) is 5.22. The van der Waals surface area contributed by atoms with Gasteiger partial charge in [-0.25, -0.2) is 8.42 Å². The van der Waals surface area contributed by atoms with Gasteiger partial charge in [-0.15, -0.1) is 0 Å². The van der Waals surface area contributed by atoms with Crippen LogP contribution in [0.15, 0.2) is 48.5 Å². The number of nitrogens with one attached hydrogen (secondary N) is 1. The van der Waals surface area contributed by atoms with E-state index in [-0.39, 0.29) is 5.75 Å². The molecule has 112 valence electrons. The fourth-order valence-corrected chi connectivity index (χ4v) is 3.43. The van der Waals surface area contributed by atoms with Crippen LogP contribution in [0.4, 0.5) is 5.69 Å². The van der Waals surface area contributed by atoms with Crippen molar-refractivity contribution in [2.45, 2.75) is 12.4 Å². The molecule has 2 aromatic rings. The number of anilines is 1. The van der Waals surface area contributed by atoms with E-state index in [9.17, 15) is 8.42 Å². The van der Waals surface area contributed by atoms with Gasteiger partial charge in [0.15, 0.2) is 0 Å². The molecule has 0 heterocycles. The van der Waals surface area contributed by atoms with Gasteiger partial charge in [0.05, 0.1) is 12.4 Å². The Morgan fingerprint density at radius 1 is 1.14 bits per heavy atom. The normalized spacial score (nSPS) is 11.3. The highest BCUT2D eigenvalue weighted by atomic mass is 35.5. The maximum atomic E-state index is 12.2. The number of methoxy groups -OCH3 is 1. The van der Waals surface area contributed by atoms with Crippen molar-refractivity contribution < 1.29 is 13.2 Å². The third-order valence-electron chi connectivity index (χ3n) is 2.81. The molecule has 2 rings (SSSR count). The highest BCUT2D eigenvalue weighted by Crippen LogP contribution is 2.20. The molecule has 0 saturated heterocycles. The molecule has 0 fully saturated rings. The topological polar surface area (TPSA) is 55.4 Å². The zero-order valence-electron chi connectivity index (χ0n) is 11.5. The van der Waals surface area contributed by atoms with E-state index in [0.717, 1.165) is 5.56 Å². The second-order valence-corrected chi connectivity index (χ2v) is 6.72. The zero-order chi connectivity index (χ0) is 15.3. The predicted molar refractivity (Wildman–Crippen MR) is 84.9 cm³/mol. The molecule has 0 spiro atoms. The van der Waals surface area contributed by atoms with E-state index in [4.69, 9.17) is 16.3 Å². The van der Waals surface area contributed by atoms with Gasteiger partial charge in [0.25, 0.3) is 0 Å². The lowest BCUT2D eigenvalue weighted by Crippen LogP contribution is -2.15. The highest BCUT2D eigenvalue weighted by molar-refractivity contribution is 7.91. The summed E-state index contributed by atoms with van der Waals surface area (Å²) >= 11 is 5.99. The number of sulfonamides is 1. The van der Waals surface area contributed by atoms with Crippen molar-refractivity contribution in [2.75, 3.05) is 11.8 Å². The molecule has 0 bridgehead atoms. The molecule has 21 heavy (non-hydrogen) atoms. The molecule has 0 aliphatic carbocycles. The third-order valence-corrected chi connectivity index (χ3v) is 4.42. The van der Waals surface area contributed by atoms with Crippen LogP contribution in [0.2, 0.25) is 5.02 Å². The number of rotatable bonds is 6. The summed E-state index contributed by atoms with van der Waals surface area (Å²) in [6.45, 7) is 0.431. The van der Waals surface area contributed by atoms with Crippen LogP contribution in [0.3, 0.4) is 0 Å². The van der Waals surface area contributed by atoms with E-state index in [0.29, 0.717) is 22.9 Å². The quantitative estimate of drug-likeness (QED) is 0.885. The van der Waals surface area contributed by atoms with Crippen molar-refractivity contribution in [2.24, 2.45) is 0 Å². The molecule has 0 atom stereocenters. The van der Waals surface area contributed by atoms with Gasteiger partial charge in [0, 0.05) is 17.8 Å². The average Bonchev–Trinajstić information content (AvgIpc) is 2.41. The van der Waals surface area contributed by atoms with Crippen molar-refractivity contribution in [3.63, 3.8) is 0 Å². The molecular weight excluding hydrogens is 310 g/mol. The number of ether oxygens (including phenoxy) is 1. The number of benzene rings is 2. The van der Waals surface area contributed by atoms with Crippen molar-refractivity contribution >= 4 is 27.3 Å². The average molecular weight is 326 g/mol. The van der Waals surface area contributed by atoms with Crippen molar-refractivity contribution in [1.29, 1.82) is 0 Å². The maximum absolute atomic E-state index is 12.2. The molecular formula is C15H16ClNO3S. The maximum Gasteiger partial charge on any atom is 0.236 e. The molecule has 0 aliphatic rings. The highest BCUT2D eigenvalue weighted by Gasteiger charge is 2.14. The smallest absolute Gasteiger partial charge is 0.236 e. The first-order valence-corrected chi connectivity index (χ1v) is 8.35. The van der Waals surface area contributed by atoms with Gasteiger partial charge < -0.3 is 4.74 Å². The number of hydrogen-bond acceptors (Lipinski definition) is 3. The molecule has 6 heteroatoms. The van der Waals surface area contributed by atoms with E-state index < -0.39 is 10.0 Å². The van der Waals surface area contributed by atoms with E-state index in [1.165, 1.54) is 0 Å². The van der Waals surface area contributed by atoms with Crippen LogP contribution in [0, 0.1) is 0 Å². The van der Waals surface area contributed by atoms with Gasteiger partial charge in [0.1, 0.15) is 0 Å². The molecule has 0 amide bonds. The summed E-state index contributed by atoms with van der Waals surface area (Å²) in [7, 11) is -1.93. The van der Waals surface area contributed by atoms with Crippen molar-refractivity contribution in [3.8, 4) is 0 Å². The third kappa shape index (κ3) is 4.74. The standard InChI is InChI=1S/C15H16ClNO3S/c1-20-10-12-5-4-7-14(9-12)17-21(18,19)11-13-6-2-3-8-15(13)16/h2-9,17H,10-11H2,1H3. The summed E-state index contributed by atoms with van der Waals surface area (Å²) in [6, 6.07) is 14.0. The molecule has 0 unspecified atom stereocenters. The molecule has 4 nitrogen and oxygen atoms in total. The molecule has 0 aliphatic heterocycles. The van der Waals surface area contributed by atoms with Crippen LogP contribution in [-0.2, 0) is 27.1 Å². The van der Waals surface area contributed by atoms with Gasteiger partial charge >= 0.3 is 0 Å². The summed E-state index contributed by atoms with van der Waals surface area (Å²) < 4.78 is 32.0. The second-order valence-electron chi connectivity index (χ2n) is 4.59. The number of halogens is 1. The summed E-state index contributed by atoms with van der Waals surface area (Å²) in [5.41, 5.74) is 1.98. The summed E-state index contributed by atoms with van der Waals surface area (Å²) in [6.07, 6.45) is 0. The van der Waals surface area contributed by atoms with Gasteiger partial charge in [-0.2, -0.15) is 0 Å². The van der Waals surface area contributed by atoms with Crippen LogP contribution in [0.5, 0.6) is 0 Å². The van der Waals surface area contributed by atoms with Crippen molar-refractivity contribution in [3.05, 3.63) is 64.7 Å². The largest absolute Gasteiger partial charge is 0.380 e. The van der Waals surface area contributed by atoms with E-state index in [1.807, 2.05) is 6.07 Å². The van der Waals surface area contributed by atoms with Crippen molar-refractivity contribution in [1.82, 2.24) is 0 Å². The first kappa shape index (κ1) is 15.8. The van der Waals surface area contributed by atoms with Crippen LogP contribution < -0.4 is 4.72 Å². The molecule has 0 aromatic heterocycles. The fraction of sp³-hybridized carbons (Fsp3) is 0.200. The van der Waals surface area contributed by atoms with E-state index >= 15 is 0 Å². The SMILES string of the molecule is COCc1cccc(NS(=O)(=O)Cc2ccccc2Cl)c1. The van der Waals surface area contributed by atoms with Crippen LogP contribution in [0.1, 0.15) is 11.1 Å². The lowest BCUT2D eigenvalue weighted by Gasteiger charge is -2.10. The van der Waals surface area contributed by atoms with Gasteiger partial charge in [-0.3, -0.25) is 4.72 Å². The minimum atomic E-state index is -3.52. The van der Waals surface area contributed by atoms with Gasteiger partial charge in [-0.1, -0.05) is 41.9 Å². The van der Waals surface area contributed by atoms with Gasteiger partial charge in [0.2, 0.25) is 10.0 Å². The van der Waals surface area contributed by atoms with Crippen LogP contribution in [0.25, 0.3) is 0 Å². The Bertz CT molecular complexity index is 716. The molecule has 0 saturated carbocycles.